The Labute approximate surface area is 188 Å². The van der Waals surface area contributed by atoms with E-state index in [1.165, 1.54) is 18.2 Å². The number of hydrogen-bond acceptors (Lipinski definition) is 5. The van der Waals surface area contributed by atoms with Crippen molar-refractivity contribution in [2.45, 2.75) is 13.8 Å². The van der Waals surface area contributed by atoms with Crippen LogP contribution in [0.3, 0.4) is 0 Å². The summed E-state index contributed by atoms with van der Waals surface area (Å²) in [4.78, 5) is 23.9. The molecule has 0 unspecified atom stereocenters. The number of amides is 1. The minimum Gasteiger partial charge on any atom is -0.479 e. The predicted octanol–water partition coefficient (Wildman–Crippen LogP) is 5.44. The molecule has 6 nitrogen and oxygen atoms in total. The Morgan fingerprint density at radius 1 is 1.17 bits per heavy atom. The lowest BCUT2D eigenvalue weighted by atomic mass is 10.1. The van der Waals surface area contributed by atoms with Crippen LogP contribution in [0.25, 0.3) is 6.08 Å². The second-order valence-electron chi connectivity index (χ2n) is 5.94. The Kier molecular flexibility index (Phi) is 8.55. The van der Waals surface area contributed by atoms with Crippen LogP contribution in [0.2, 0.25) is 15.1 Å². The van der Waals surface area contributed by atoms with Crippen molar-refractivity contribution < 1.29 is 19.1 Å². The van der Waals surface area contributed by atoms with E-state index in [0.29, 0.717) is 21.8 Å². The highest BCUT2D eigenvalue weighted by Gasteiger charge is 2.15. The lowest BCUT2D eigenvalue weighted by Gasteiger charge is -2.11. The Morgan fingerprint density at radius 3 is 2.43 bits per heavy atom. The maximum atomic E-state index is 12.5. The fourth-order valence-corrected chi connectivity index (χ4v) is 3.17. The number of esters is 1. The fourth-order valence-electron chi connectivity index (χ4n) is 2.38. The summed E-state index contributed by atoms with van der Waals surface area (Å²) < 4.78 is 10.1. The fraction of sp³-hybridized carbons (Fsp3) is 0.190. The SMILES string of the molecule is CCOC(=O)COc1c(Cl)cc(/C=C(/C#N)C(=O)Nc2cccc(Cl)c2C)cc1Cl. The molecule has 0 aliphatic carbocycles. The van der Waals surface area contributed by atoms with Gasteiger partial charge in [0.25, 0.3) is 5.91 Å². The van der Waals surface area contributed by atoms with E-state index in [4.69, 9.17) is 44.3 Å². The molecule has 1 amide bonds. The number of halogens is 3. The van der Waals surface area contributed by atoms with Gasteiger partial charge in [-0.2, -0.15) is 5.26 Å². The first-order chi connectivity index (χ1) is 14.3. The van der Waals surface area contributed by atoms with E-state index in [9.17, 15) is 14.9 Å². The molecular formula is C21H17Cl3N2O4. The van der Waals surface area contributed by atoms with Crippen molar-refractivity contribution in [3.05, 3.63) is 62.1 Å². The van der Waals surface area contributed by atoms with E-state index >= 15 is 0 Å². The first kappa shape index (κ1) is 23.6. The zero-order chi connectivity index (χ0) is 22.3. The van der Waals surface area contributed by atoms with Gasteiger partial charge in [0.05, 0.1) is 16.7 Å². The third-order valence-corrected chi connectivity index (χ3v) is 4.82. The number of ether oxygens (including phenoxy) is 2. The Hall–Kier alpha value is -2.72. The second-order valence-corrected chi connectivity index (χ2v) is 7.17. The molecule has 0 radical (unpaired) electrons. The van der Waals surface area contributed by atoms with E-state index in [1.54, 1.807) is 32.0 Å². The van der Waals surface area contributed by atoms with E-state index in [-0.39, 0.29) is 34.6 Å². The number of nitrogens with zero attached hydrogens (tertiary/aromatic N) is 1. The van der Waals surface area contributed by atoms with Crippen LogP contribution in [0, 0.1) is 18.3 Å². The highest BCUT2D eigenvalue weighted by atomic mass is 35.5. The highest BCUT2D eigenvalue weighted by molar-refractivity contribution is 6.37. The van der Waals surface area contributed by atoms with Crippen molar-refractivity contribution in [1.29, 1.82) is 5.26 Å². The van der Waals surface area contributed by atoms with Gasteiger partial charge in [-0.1, -0.05) is 40.9 Å². The minimum atomic E-state index is -0.613. The van der Waals surface area contributed by atoms with Crippen LogP contribution in [0.15, 0.2) is 35.9 Å². The molecule has 2 rings (SSSR count). The van der Waals surface area contributed by atoms with Gasteiger partial charge in [-0.25, -0.2) is 4.79 Å². The number of anilines is 1. The van der Waals surface area contributed by atoms with E-state index < -0.39 is 11.9 Å². The summed E-state index contributed by atoms with van der Waals surface area (Å²) in [6.45, 7) is 3.30. The number of carbonyl (C=O) groups is 2. The summed E-state index contributed by atoms with van der Waals surface area (Å²) in [6.07, 6.45) is 1.34. The predicted molar refractivity (Wildman–Crippen MR) is 117 cm³/mol. The molecule has 0 aliphatic heterocycles. The average molecular weight is 468 g/mol. The van der Waals surface area contributed by atoms with E-state index in [0.717, 1.165) is 0 Å². The van der Waals surface area contributed by atoms with E-state index in [1.807, 2.05) is 6.07 Å². The van der Waals surface area contributed by atoms with Gasteiger partial charge >= 0.3 is 5.97 Å². The molecule has 0 atom stereocenters. The molecule has 156 valence electrons. The Balaban J connectivity index is 2.22. The van der Waals surface area contributed by atoms with Gasteiger partial charge in [0.15, 0.2) is 12.4 Å². The number of rotatable bonds is 7. The quantitative estimate of drug-likeness (QED) is 0.333. The standard InChI is InChI=1S/C21H17Cl3N2O4/c1-3-29-19(27)11-30-20-16(23)8-13(9-17(20)24)7-14(10-25)21(28)26-18-6-4-5-15(22)12(18)2/h4-9H,3,11H2,1-2H3,(H,26,28)/b14-7-. The van der Waals surface area contributed by atoms with Crippen LogP contribution in [0.1, 0.15) is 18.1 Å². The minimum absolute atomic E-state index is 0.0982. The zero-order valence-corrected chi connectivity index (χ0v) is 18.4. The largest absolute Gasteiger partial charge is 0.479 e. The third kappa shape index (κ3) is 6.14. The molecule has 0 saturated carbocycles. The maximum absolute atomic E-state index is 12.5. The summed E-state index contributed by atoms with van der Waals surface area (Å²) in [5, 5.41) is 12.8. The summed E-state index contributed by atoms with van der Waals surface area (Å²) in [5.41, 5.74) is 1.41. The van der Waals surface area contributed by atoms with Crippen molar-refractivity contribution in [3.8, 4) is 11.8 Å². The summed E-state index contributed by atoms with van der Waals surface area (Å²) >= 11 is 18.4. The summed E-state index contributed by atoms with van der Waals surface area (Å²) in [7, 11) is 0. The molecule has 2 aromatic carbocycles. The normalized spacial score (nSPS) is 10.9. The summed E-state index contributed by atoms with van der Waals surface area (Å²) in [5.74, 6) is -1.08. The molecule has 0 aliphatic rings. The number of benzene rings is 2. The molecular weight excluding hydrogens is 451 g/mol. The zero-order valence-electron chi connectivity index (χ0n) is 16.1. The number of hydrogen-bond donors (Lipinski definition) is 1. The topological polar surface area (TPSA) is 88.4 Å². The van der Waals surface area contributed by atoms with Crippen LogP contribution < -0.4 is 10.1 Å². The Bertz CT molecular complexity index is 1020. The van der Waals surface area contributed by atoms with Gasteiger partial charge in [0.1, 0.15) is 11.6 Å². The monoisotopic (exact) mass is 466 g/mol. The first-order valence-electron chi connectivity index (χ1n) is 8.72. The molecule has 1 N–H and O–H groups in total. The molecule has 0 fully saturated rings. The third-order valence-electron chi connectivity index (χ3n) is 3.85. The van der Waals surface area contributed by atoms with Gasteiger partial charge < -0.3 is 14.8 Å². The molecule has 2 aromatic rings. The van der Waals surface area contributed by atoms with Gasteiger partial charge in [0.2, 0.25) is 0 Å². The molecule has 0 bridgehead atoms. The van der Waals surface area contributed by atoms with Gasteiger partial charge in [-0.15, -0.1) is 0 Å². The van der Waals surface area contributed by atoms with Crippen molar-refractivity contribution >= 4 is 58.4 Å². The van der Waals surface area contributed by atoms with Gasteiger partial charge in [0, 0.05) is 10.7 Å². The van der Waals surface area contributed by atoms with Crippen molar-refractivity contribution in [1.82, 2.24) is 0 Å². The van der Waals surface area contributed by atoms with E-state index in [2.05, 4.69) is 5.32 Å². The van der Waals surface area contributed by atoms with Crippen LogP contribution in [-0.4, -0.2) is 25.1 Å². The first-order valence-corrected chi connectivity index (χ1v) is 9.86. The maximum Gasteiger partial charge on any atom is 0.344 e. The molecule has 30 heavy (non-hydrogen) atoms. The second kappa shape index (κ2) is 10.9. The molecule has 9 heteroatoms. The summed E-state index contributed by atoms with van der Waals surface area (Å²) in [6, 6.07) is 9.84. The molecule has 0 aromatic heterocycles. The number of nitrogens with one attached hydrogen (secondary N) is 1. The van der Waals surface area contributed by atoms with Crippen molar-refractivity contribution in [2.75, 3.05) is 18.5 Å². The molecule has 0 heterocycles. The van der Waals surface area contributed by atoms with Crippen molar-refractivity contribution in [3.63, 3.8) is 0 Å². The van der Waals surface area contributed by atoms with Crippen LogP contribution in [-0.2, 0) is 14.3 Å². The smallest absolute Gasteiger partial charge is 0.344 e. The lowest BCUT2D eigenvalue weighted by molar-refractivity contribution is -0.145. The van der Waals surface area contributed by atoms with Crippen LogP contribution >= 0.6 is 34.8 Å². The average Bonchev–Trinajstić information content (AvgIpc) is 2.69. The number of carbonyl (C=O) groups excluding carboxylic acids is 2. The van der Waals surface area contributed by atoms with Crippen molar-refractivity contribution in [2.24, 2.45) is 0 Å². The van der Waals surface area contributed by atoms with Gasteiger partial charge in [-0.05, 0) is 55.3 Å². The van der Waals surface area contributed by atoms with Gasteiger partial charge in [-0.3, -0.25) is 4.79 Å². The van der Waals surface area contributed by atoms with Crippen LogP contribution in [0.4, 0.5) is 5.69 Å². The van der Waals surface area contributed by atoms with Crippen LogP contribution in [0.5, 0.6) is 5.75 Å². The Morgan fingerprint density at radius 2 is 1.83 bits per heavy atom. The molecule has 0 saturated heterocycles. The lowest BCUT2D eigenvalue weighted by Crippen LogP contribution is -2.15. The highest BCUT2D eigenvalue weighted by Crippen LogP contribution is 2.35. The number of nitriles is 1. The molecule has 0 spiro atoms.